The molecule has 0 fully saturated rings. The van der Waals surface area contributed by atoms with Gasteiger partial charge in [-0.3, -0.25) is 0 Å². The standard InChI is InChI=1S/C16H11FN4O/c17-12-4-2-1-3-10(12)11-7-5-9-6-8-13(19-14(9)11)15-20-21-16(18)22-15/h1-4,6-8H,5H2,(H2,18,21). The lowest BCUT2D eigenvalue weighted by Crippen LogP contribution is -1.96. The normalized spacial score (nSPS) is 13.0. The first-order chi connectivity index (χ1) is 10.7. The van der Waals surface area contributed by atoms with E-state index < -0.39 is 0 Å². The molecule has 0 atom stereocenters. The van der Waals surface area contributed by atoms with Gasteiger partial charge in [-0.25, -0.2) is 9.37 Å². The zero-order chi connectivity index (χ0) is 15.1. The van der Waals surface area contributed by atoms with E-state index in [-0.39, 0.29) is 17.7 Å². The van der Waals surface area contributed by atoms with Crippen molar-refractivity contribution in [1.29, 1.82) is 0 Å². The minimum atomic E-state index is -0.268. The van der Waals surface area contributed by atoms with E-state index in [0.717, 1.165) is 23.3 Å². The zero-order valence-corrected chi connectivity index (χ0v) is 11.5. The van der Waals surface area contributed by atoms with Crippen molar-refractivity contribution in [2.45, 2.75) is 6.42 Å². The molecule has 4 rings (SSSR count). The molecular weight excluding hydrogens is 283 g/mol. The summed E-state index contributed by atoms with van der Waals surface area (Å²) in [7, 11) is 0. The highest BCUT2D eigenvalue weighted by molar-refractivity contribution is 5.83. The number of nitrogens with two attached hydrogens (primary N) is 1. The van der Waals surface area contributed by atoms with Crippen molar-refractivity contribution in [3.05, 3.63) is 65.1 Å². The van der Waals surface area contributed by atoms with E-state index in [9.17, 15) is 4.39 Å². The summed E-state index contributed by atoms with van der Waals surface area (Å²) in [4.78, 5) is 4.55. The SMILES string of the molecule is Nc1nnc(-c2ccc3c(n2)C(c2ccccc2F)=CC3)o1. The average Bonchev–Trinajstić information content (AvgIpc) is 3.13. The summed E-state index contributed by atoms with van der Waals surface area (Å²) in [5, 5.41) is 7.45. The summed E-state index contributed by atoms with van der Waals surface area (Å²) >= 11 is 0. The second-order valence-corrected chi connectivity index (χ2v) is 4.95. The lowest BCUT2D eigenvalue weighted by molar-refractivity contribution is 0.587. The van der Waals surface area contributed by atoms with Gasteiger partial charge in [-0.2, -0.15) is 0 Å². The van der Waals surface area contributed by atoms with Crippen molar-refractivity contribution in [3.63, 3.8) is 0 Å². The summed E-state index contributed by atoms with van der Waals surface area (Å²) in [6.07, 6.45) is 2.69. The largest absolute Gasteiger partial charge is 0.402 e. The Hall–Kier alpha value is -3.02. The van der Waals surface area contributed by atoms with Crippen LogP contribution in [-0.2, 0) is 6.42 Å². The second-order valence-electron chi connectivity index (χ2n) is 4.95. The Morgan fingerprint density at radius 3 is 2.73 bits per heavy atom. The van der Waals surface area contributed by atoms with E-state index in [4.69, 9.17) is 10.2 Å². The molecule has 0 saturated heterocycles. The molecule has 3 aromatic rings. The Bertz CT molecular complexity index is 901. The molecule has 6 heteroatoms. The van der Waals surface area contributed by atoms with Gasteiger partial charge in [0.2, 0.25) is 0 Å². The van der Waals surface area contributed by atoms with Gasteiger partial charge in [0.1, 0.15) is 11.5 Å². The molecule has 108 valence electrons. The molecule has 2 aromatic heterocycles. The number of hydrogen-bond acceptors (Lipinski definition) is 5. The van der Waals surface area contributed by atoms with Crippen molar-refractivity contribution in [3.8, 4) is 11.6 Å². The molecule has 0 radical (unpaired) electrons. The number of rotatable bonds is 2. The minimum absolute atomic E-state index is 0.0119. The van der Waals surface area contributed by atoms with Crippen molar-refractivity contribution in [1.82, 2.24) is 15.2 Å². The highest BCUT2D eigenvalue weighted by Gasteiger charge is 2.21. The number of anilines is 1. The van der Waals surface area contributed by atoms with Crippen LogP contribution < -0.4 is 5.73 Å². The number of fused-ring (bicyclic) bond motifs is 1. The third kappa shape index (κ3) is 1.96. The molecule has 0 amide bonds. The highest BCUT2D eigenvalue weighted by atomic mass is 19.1. The smallest absolute Gasteiger partial charge is 0.313 e. The molecule has 0 spiro atoms. The van der Waals surface area contributed by atoms with Crippen LogP contribution in [0.3, 0.4) is 0 Å². The van der Waals surface area contributed by atoms with Crippen LogP contribution in [0.1, 0.15) is 16.8 Å². The summed E-state index contributed by atoms with van der Waals surface area (Å²) in [5.41, 5.74) is 9.05. The van der Waals surface area contributed by atoms with Crippen molar-refractivity contribution >= 4 is 11.6 Å². The van der Waals surface area contributed by atoms with Crippen LogP contribution in [0.25, 0.3) is 17.2 Å². The summed E-state index contributed by atoms with van der Waals surface area (Å²) in [6, 6.07) is 10.4. The Morgan fingerprint density at radius 2 is 1.95 bits per heavy atom. The predicted octanol–water partition coefficient (Wildman–Crippen LogP) is 2.84. The quantitative estimate of drug-likeness (QED) is 0.786. The van der Waals surface area contributed by atoms with Gasteiger partial charge in [0, 0.05) is 11.1 Å². The van der Waals surface area contributed by atoms with Crippen LogP contribution in [0, 0.1) is 5.82 Å². The summed E-state index contributed by atoms with van der Waals surface area (Å²) in [6.45, 7) is 0. The average molecular weight is 294 g/mol. The summed E-state index contributed by atoms with van der Waals surface area (Å²) < 4.78 is 19.2. The fourth-order valence-electron chi connectivity index (χ4n) is 2.57. The van der Waals surface area contributed by atoms with Crippen LogP contribution in [0.15, 0.2) is 46.9 Å². The zero-order valence-electron chi connectivity index (χ0n) is 11.5. The van der Waals surface area contributed by atoms with Crippen molar-refractivity contribution in [2.75, 3.05) is 5.73 Å². The molecule has 1 aliphatic carbocycles. The monoisotopic (exact) mass is 294 g/mol. The Kier molecular flexibility index (Phi) is 2.75. The van der Waals surface area contributed by atoms with Gasteiger partial charge in [-0.05, 0) is 24.1 Å². The molecule has 0 unspecified atom stereocenters. The fourth-order valence-corrected chi connectivity index (χ4v) is 2.57. The number of nitrogen functional groups attached to an aromatic ring is 1. The molecule has 22 heavy (non-hydrogen) atoms. The maximum Gasteiger partial charge on any atom is 0.313 e. The van der Waals surface area contributed by atoms with Gasteiger partial charge in [0.15, 0.2) is 0 Å². The van der Waals surface area contributed by atoms with Crippen LogP contribution >= 0.6 is 0 Å². The van der Waals surface area contributed by atoms with E-state index >= 15 is 0 Å². The maximum absolute atomic E-state index is 14.0. The molecule has 2 heterocycles. The molecule has 1 aliphatic rings. The van der Waals surface area contributed by atoms with Crippen LogP contribution in [-0.4, -0.2) is 15.2 Å². The lowest BCUT2D eigenvalue weighted by Gasteiger charge is -2.07. The van der Waals surface area contributed by atoms with Crippen LogP contribution in [0.5, 0.6) is 0 Å². The first-order valence-corrected chi connectivity index (χ1v) is 6.77. The fraction of sp³-hybridized carbons (Fsp3) is 0.0625. The van der Waals surface area contributed by atoms with E-state index in [1.165, 1.54) is 6.07 Å². The van der Waals surface area contributed by atoms with Gasteiger partial charge < -0.3 is 10.2 Å². The van der Waals surface area contributed by atoms with Gasteiger partial charge in [-0.1, -0.05) is 35.4 Å². The molecule has 0 saturated carbocycles. The number of benzene rings is 1. The number of nitrogens with zero attached hydrogens (tertiary/aromatic N) is 3. The number of pyridine rings is 1. The van der Waals surface area contributed by atoms with E-state index in [1.807, 2.05) is 12.1 Å². The maximum atomic E-state index is 14.0. The van der Waals surface area contributed by atoms with Crippen LogP contribution in [0.4, 0.5) is 10.4 Å². The van der Waals surface area contributed by atoms with E-state index in [0.29, 0.717) is 11.3 Å². The molecular formula is C16H11FN4O. The number of allylic oxidation sites excluding steroid dienone is 1. The first-order valence-electron chi connectivity index (χ1n) is 6.77. The van der Waals surface area contributed by atoms with Gasteiger partial charge in [-0.15, -0.1) is 5.10 Å². The first kappa shape index (κ1) is 12.7. The van der Waals surface area contributed by atoms with E-state index in [1.54, 1.807) is 24.3 Å². The molecule has 2 N–H and O–H groups in total. The molecule has 1 aromatic carbocycles. The minimum Gasteiger partial charge on any atom is -0.402 e. The van der Waals surface area contributed by atoms with Gasteiger partial charge in [0.25, 0.3) is 5.89 Å². The van der Waals surface area contributed by atoms with Crippen LogP contribution in [0.2, 0.25) is 0 Å². The number of aromatic nitrogens is 3. The molecule has 0 bridgehead atoms. The van der Waals surface area contributed by atoms with E-state index in [2.05, 4.69) is 15.2 Å². The topological polar surface area (TPSA) is 77.8 Å². The number of halogens is 1. The highest BCUT2D eigenvalue weighted by Crippen LogP contribution is 2.34. The Morgan fingerprint density at radius 1 is 1.09 bits per heavy atom. The van der Waals surface area contributed by atoms with Gasteiger partial charge >= 0.3 is 6.01 Å². The van der Waals surface area contributed by atoms with Crippen molar-refractivity contribution < 1.29 is 8.81 Å². The third-order valence-corrected chi connectivity index (χ3v) is 3.58. The Balaban J connectivity index is 1.82. The summed E-state index contributed by atoms with van der Waals surface area (Å²) in [5.74, 6) is -0.0177. The van der Waals surface area contributed by atoms with Gasteiger partial charge in [0.05, 0.1) is 5.69 Å². The second kappa shape index (κ2) is 4.77. The predicted molar refractivity (Wildman–Crippen MR) is 79.1 cm³/mol. The Labute approximate surface area is 125 Å². The lowest BCUT2D eigenvalue weighted by atomic mass is 10.0. The third-order valence-electron chi connectivity index (χ3n) is 3.58. The van der Waals surface area contributed by atoms with Crippen molar-refractivity contribution in [2.24, 2.45) is 0 Å². The molecule has 5 nitrogen and oxygen atoms in total. The molecule has 0 aliphatic heterocycles. The number of hydrogen-bond donors (Lipinski definition) is 1.